The van der Waals surface area contributed by atoms with Crippen LogP contribution in [0.5, 0.6) is 11.5 Å². The van der Waals surface area contributed by atoms with E-state index < -0.39 is 0 Å². The van der Waals surface area contributed by atoms with Crippen molar-refractivity contribution >= 4 is 22.8 Å². The van der Waals surface area contributed by atoms with Crippen molar-refractivity contribution in [2.24, 2.45) is 5.92 Å². The fourth-order valence-corrected chi connectivity index (χ4v) is 5.03. The fraction of sp³-hybridized carbons (Fsp3) is 0.478. The van der Waals surface area contributed by atoms with Gasteiger partial charge in [0.05, 0.1) is 12.0 Å². The van der Waals surface area contributed by atoms with Crippen molar-refractivity contribution in [3.05, 3.63) is 34.5 Å². The van der Waals surface area contributed by atoms with Gasteiger partial charge in [0.2, 0.25) is 0 Å². The Labute approximate surface area is 171 Å². The van der Waals surface area contributed by atoms with E-state index in [-0.39, 0.29) is 29.0 Å². The Morgan fingerprint density at radius 3 is 2.71 bits per heavy atom. The van der Waals surface area contributed by atoms with Crippen LogP contribution in [0.15, 0.2) is 29.6 Å². The number of hydrogen-bond acceptors (Lipinski definition) is 5. The van der Waals surface area contributed by atoms with E-state index >= 15 is 0 Å². The van der Waals surface area contributed by atoms with Gasteiger partial charge >= 0.3 is 0 Å². The Hall–Kier alpha value is -2.14. The number of hydrogen-bond donors (Lipinski definition) is 2. The summed E-state index contributed by atoms with van der Waals surface area (Å²) in [4.78, 5) is 13.9. The molecule has 1 aromatic carbocycles. The maximum atomic E-state index is 12.7. The second-order valence-corrected chi connectivity index (χ2v) is 9.15. The second kappa shape index (κ2) is 8.08. The summed E-state index contributed by atoms with van der Waals surface area (Å²) in [5.74, 6) is 0.593. The Balaban J connectivity index is 1.86. The SMILES string of the molecule is CCC1C(=N)CC[C@](C)(c2cc(-c3ccc(OC(C)C)c(O)c3)cs2)CC1=O. The molecule has 1 saturated carbocycles. The van der Waals surface area contributed by atoms with Crippen molar-refractivity contribution in [3.63, 3.8) is 0 Å². The van der Waals surface area contributed by atoms with E-state index in [0.29, 0.717) is 30.7 Å². The van der Waals surface area contributed by atoms with Crippen molar-refractivity contribution in [2.75, 3.05) is 0 Å². The Kier molecular flexibility index (Phi) is 5.94. The first kappa shape index (κ1) is 20.6. The molecule has 0 saturated heterocycles. The van der Waals surface area contributed by atoms with E-state index in [1.54, 1.807) is 23.5 Å². The van der Waals surface area contributed by atoms with Gasteiger partial charge in [-0.1, -0.05) is 19.9 Å². The number of phenolic OH excluding ortho intramolecular Hbond substituents is 1. The Bertz CT molecular complexity index is 886. The third-order valence-corrected chi connectivity index (χ3v) is 6.81. The number of nitrogens with one attached hydrogen (secondary N) is 1. The molecular weight excluding hydrogens is 370 g/mol. The highest BCUT2D eigenvalue weighted by Gasteiger charge is 2.38. The highest BCUT2D eigenvalue weighted by atomic mass is 32.1. The quantitative estimate of drug-likeness (QED) is 0.609. The number of phenols is 1. The summed E-state index contributed by atoms with van der Waals surface area (Å²) < 4.78 is 5.60. The lowest BCUT2D eigenvalue weighted by Gasteiger charge is -2.26. The average Bonchev–Trinajstić information content (AvgIpc) is 3.09. The van der Waals surface area contributed by atoms with Crippen molar-refractivity contribution in [3.8, 4) is 22.6 Å². The third-order valence-electron chi connectivity index (χ3n) is 5.58. The molecule has 150 valence electrons. The molecule has 1 aliphatic carbocycles. The van der Waals surface area contributed by atoms with Gasteiger partial charge in [-0.25, -0.2) is 0 Å². The molecule has 2 N–H and O–H groups in total. The van der Waals surface area contributed by atoms with Crippen LogP contribution < -0.4 is 4.74 Å². The highest BCUT2D eigenvalue weighted by molar-refractivity contribution is 7.10. The molecule has 1 aliphatic rings. The van der Waals surface area contributed by atoms with Gasteiger partial charge in [-0.15, -0.1) is 11.3 Å². The molecule has 1 aromatic heterocycles. The van der Waals surface area contributed by atoms with E-state index in [0.717, 1.165) is 17.5 Å². The summed E-state index contributed by atoms with van der Waals surface area (Å²) in [7, 11) is 0. The zero-order valence-corrected chi connectivity index (χ0v) is 17.9. The van der Waals surface area contributed by atoms with Crippen molar-refractivity contribution < 1.29 is 14.6 Å². The van der Waals surface area contributed by atoms with Crippen LogP contribution in [0.4, 0.5) is 0 Å². The molecule has 4 nitrogen and oxygen atoms in total. The molecule has 1 unspecified atom stereocenters. The van der Waals surface area contributed by atoms with Crippen LogP contribution in [0.25, 0.3) is 11.1 Å². The second-order valence-electron chi connectivity index (χ2n) is 8.24. The van der Waals surface area contributed by atoms with Crippen LogP contribution in [-0.2, 0) is 10.2 Å². The van der Waals surface area contributed by atoms with E-state index in [2.05, 4.69) is 18.4 Å². The molecule has 1 fully saturated rings. The predicted octanol–water partition coefficient (Wildman–Crippen LogP) is 5.96. The smallest absolute Gasteiger partial charge is 0.161 e. The van der Waals surface area contributed by atoms with Crippen molar-refractivity contribution in [1.29, 1.82) is 5.41 Å². The Morgan fingerprint density at radius 1 is 1.32 bits per heavy atom. The number of benzene rings is 1. The molecule has 2 atom stereocenters. The van der Waals surface area contributed by atoms with Crippen molar-refractivity contribution in [1.82, 2.24) is 0 Å². The van der Waals surface area contributed by atoms with Gasteiger partial charge in [-0.2, -0.15) is 0 Å². The molecule has 3 rings (SSSR count). The molecular formula is C23H29NO3S. The molecule has 0 amide bonds. The normalized spacial score (nSPS) is 23.1. The van der Waals surface area contributed by atoms with E-state index in [9.17, 15) is 9.90 Å². The average molecular weight is 400 g/mol. The minimum absolute atomic E-state index is 0.00269. The first-order valence-electron chi connectivity index (χ1n) is 9.92. The molecule has 0 bridgehead atoms. The molecule has 0 spiro atoms. The summed E-state index contributed by atoms with van der Waals surface area (Å²) in [5.41, 5.74) is 2.31. The van der Waals surface area contributed by atoms with Gasteiger partial charge in [-0.05, 0) is 67.8 Å². The van der Waals surface area contributed by atoms with Gasteiger partial charge in [0, 0.05) is 22.4 Å². The van der Waals surface area contributed by atoms with E-state index in [4.69, 9.17) is 10.1 Å². The fourth-order valence-electron chi connectivity index (χ4n) is 3.91. The maximum Gasteiger partial charge on any atom is 0.161 e. The summed E-state index contributed by atoms with van der Waals surface area (Å²) >= 11 is 1.66. The molecule has 5 heteroatoms. The summed E-state index contributed by atoms with van der Waals surface area (Å²) in [6.07, 6.45) is 2.70. The first-order chi connectivity index (χ1) is 13.2. The lowest BCUT2D eigenvalue weighted by molar-refractivity contribution is -0.121. The molecule has 1 heterocycles. The number of Topliss-reactive ketones (excluding diaryl/α,β-unsaturated/α-hetero) is 1. The lowest BCUT2D eigenvalue weighted by atomic mass is 9.80. The van der Waals surface area contributed by atoms with Crippen LogP contribution >= 0.6 is 11.3 Å². The molecule has 0 aliphatic heterocycles. The van der Waals surface area contributed by atoms with Crippen LogP contribution in [0.2, 0.25) is 0 Å². The van der Waals surface area contributed by atoms with Crippen LogP contribution in [-0.4, -0.2) is 22.7 Å². The zero-order chi connectivity index (χ0) is 20.5. The van der Waals surface area contributed by atoms with Gasteiger partial charge in [0.25, 0.3) is 0 Å². The number of aromatic hydroxyl groups is 1. The zero-order valence-electron chi connectivity index (χ0n) is 17.0. The van der Waals surface area contributed by atoms with Gasteiger partial charge in [0.15, 0.2) is 11.5 Å². The number of ketones is 1. The summed E-state index contributed by atoms with van der Waals surface area (Å²) in [5, 5.41) is 20.6. The number of rotatable bonds is 5. The number of ether oxygens (including phenoxy) is 1. The summed E-state index contributed by atoms with van der Waals surface area (Å²) in [6, 6.07) is 7.61. The number of thiophene rings is 1. The summed E-state index contributed by atoms with van der Waals surface area (Å²) in [6.45, 7) is 7.98. The van der Waals surface area contributed by atoms with E-state index in [1.807, 2.05) is 26.8 Å². The minimum Gasteiger partial charge on any atom is -0.504 e. The van der Waals surface area contributed by atoms with Crippen LogP contribution in [0.3, 0.4) is 0 Å². The number of carbonyl (C=O) groups is 1. The molecule has 28 heavy (non-hydrogen) atoms. The van der Waals surface area contributed by atoms with Gasteiger partial charge < -0.3 is 15.3 Å². The van der Waals surface area contributed by atoms with E-state index in [1.165, 1.54) is 4.88 Å². The van der Waals surface area contributed by atoms with Gasteiger partial charge in [0.1, 0.15) is 5.78 Å². The van der Waals surface area contributed by atoms with Crippen LogP contribution in [0.1, 0.15) is 58.3 Å². The van der Waals surface area contributed by atoms with Gasteiger partial charge in [-0.3, -0.25) is 4.79 Å². The predicted molar refractivity (Wildman–Crippen MR) is 115 cm³/mol. The topological polar surface area (TPSA) is 70.4 Å². The number of carbonyl (C=O) groups excluding carboxylic acids is 1. The Morgan fingerprint density at radius 2 is 2.07 bits per heavy atom. The lowest BCUT2D eigenvalue weighted by Crippen LogP contribution is -2.25. The van der Waals surface area contributed by atoms with Crippen LogP contribution in [0, 0.1) is 11.3 Å². The largest absolute Gasteiger partial charge is 0.504 e. The highest BCUT2D eigenvalue weighted by Crippen LogP contribution is 2.43. The molecule has 2 aromatic rings. The monoisotopic (exact) mass is 399 g/mol. The first-order valence-corrected chi connectivity index (χ1v) is 10.8. The minimum atomic E-state index is -0.237. The molecule has 0 radical (unpaired) electrons. The van der Waals surface area contributed by atoms with Crippen molar-refractivity contribution in [2.45, 2.75) is 64.9 Å². The third kappa shape index (κ3) is 4.14. The standard InChI is InChI=1S/C23H29NO3S/c1-5-17-18(24)8-9-23(4,12-20(17)26)22-11-16(13-28-22)15-6-7-21(19(25)10-15)27-14(2)3/h6-7,10-11,13-14,17,24-25H,5,8-9,12H2,1-4H3/t17?,23-/m0/s1. The maximum absolute atomic E-state index is 12.7.